The lowest BCUT2D eigenvalue weighted by Crippen LogP contribution is -2.38. The molecular formula is C11H26N2O2. The van der Waals surface area contributed by atoms with E-state index in [1.807, 2.05) is 0 Å². The first kappa shape index (κ1) is 14.8. The zero-order valence-corrected chi connectivity index (χ0v) is 10.2. The molecule has 0 aliphatic rings. The van der Waals surface area contributed by atoms with Crippen LogP contribution in [-0.4, -0.2) is 60.5 Å². The van der Waals surface area contributed by atoms with Crippen LogP contribution in [0.1, 0.15) is 20.8 Å². The highest BCUT2D eigenvalue weighted by Crippen LogP contribution is 1.99. The van der Waals surface area contributed by atoms with Crippen LogP contribution in [0.4, 0.5) is 0 Å². The van der Waals surface area contributed by atoms with E-state index in [2.05, 4.69) is 31.0 Å². The lowest BCUT2D eigenvalue weighted by atomic mass is 10.1. The van der Waals surface area contributed by atoms with E-state index in [-0.39, 0.29) is 13.2 Å². The van der Waals surface area contributed by atoms with Crippen LogP contribution >= 0.6 is 0 Å². The molecule has 0 amide bonds. The molecule has 0 rings (SSSR count). The number of nitrogens with zero attached hydrogens (tertiary/aromatic N) is 1. The van der Waals surface area contributed by atoms with Crippen molar-refractivity contribution in [3.8, 4) is 0 Å². The number of aliphatic hydroxyl groups is 2. The predicted molar refractivity (Wildman–Crippen MR) is 62.9 cm³/mol. The van der Waals surface area contributed by atoms with Crippen molar-refractivity contribution >= 4 is 0 Å². The summed E-state index contributed by atoms with van der Waals surface area (Å²) in [6, 6.07) is 0.511. The van der Waals surface area contributed by atoms with Gasteiger partial charge < -0.3 is 15.5 Å². The van der Waals surface area contributed by atoms with E-state index in [1.165, 1.54) is 0 Å². The summed E-state index contributed by atoms with van der Waals surface area (Å²) >= 11 is 0. The highest BCUT2D eigenvalue weighted by Gasteiger charge is 2.09. The maximum atomic E-state index is 8.86. The molecule has 1 atom stereocenters. The van der Waals surface area contributed by atoms with Crippen LogP contribution in [0, 0.1) is 5.92 Å². The van der Waals surface area contributed by atoms with Gasteiger partial charge in [-0.05, 0) is 12.5 Å². The summed E-state index contributed by atoms with van der Waals surface area (Å²) in [5, 5.41) is 21.1. The average Bonchev–Trinajstić information content (AvgIpc) is 2.15. The number of nitrogens with one attached hydrogen (secondary N) is 1. The zero-order valence-electron chi connectivity index (χ0n) is 10.2. The van der Waals surface area contributed by atoms with Crippen LogP contribution in [0.5, 0.6) is 0 Å². The number of hydrogen-bond donors (Lipinski definition) is 3. The zero-order chi connectivity index (χ0) is 11.7. The molecule has 4 nitrogen and oxygen atoms in total. The molecule has 1 unspecified atom stereocenters. The summed E-state index contributed by atoms with van der Waals surface area (Å²) in [4.78, 5) is 2.09. The molecule has 0 aromatic carbocycles. The van der Waals surface area contributed by atoms with Crippen molar-refractivity contribution in [3.63, 3.8) is 0 Å². The molecule has 15 heavy (non-hydrogen) atoms. The van der Waals surface area contributed by atoms with Gasteiger partial charge in [0.15, 0.2) is 0 Å². The van der Waals surface area contributed by atoms with Crippen molar-refractivity contribution in [1.82, 2.24) is 10.2 Å². The van der Waals surface area contributed by atoms with Crippen LogP contribution < -0.4 is 5.32 Å². The molecular weight excluding hydrogens is 192 g/mol. The van der Waals surface area contributed by atoms with Gasteiger partial charge in [-0.15, -0.1) is 0 Å². The smallest absolute Gasteiger partial charge is 0.0558 e. The molecule has 0 bridgehead atoms. The minimum atomic E-state index is 0.157. The highest BCUT2D eigenvalue weighted by atomic mass is 16.3. The summed E-state index contributed by atoms with van der Waals surface area (Å²) in [5.41, 5.74) is 0. The van der Waals surface area contributed by atoms with E-state index in [4.69, 9.17) is 10.2 Å². The minimum absolute atomic E-state index is 0.157. The van der Waals surface area contributed by atoms with Crippen LogP contribution in [0.3, 0.4) is 0 Å². The fourth-order valence-electron chi connectivity index (χ4n) is 1.52. The fourth-order valence-corrected chi connectivity index (χ4v) is 1.52. The lowest BCUT2D eigenvalue weighted by molar-refractivity contribution is 0.146. The fraction of sp³-hybridized carbons (Fsp3) is 1.00. The van der Waals surface area contributed by atoms with Gasteiger partial charge in [0, 0.05) is 25.7 Å². The second-order valence-electron chi connectivity index (χ2n) is 4.42. The monoisotopic (exact) mass is 218 g/mol. The Morgan fingerprint density at radius 2 is 1.60 bits per heavy atom. The molecule has 0 aliphatic heterocycles. The Labute approximate surface area is 93.3 Å². The average molecular weight is 218 g/mol. The molecule has 4 heteroatoms. The van der Waals surface area contributed by atoms with E-state index < -0.39 is 0 Å². The molecule has 0 saturated heterocycles. The molecule has 0 fully saturated rings. The Morgan fingerprint density at radius 3 is 2.00 bits per heavy atom. The first-order valence-corrected chi connectivity index (χ1v) is 5.77. The Balaban J connectivity index is 3.72. The molecule has 0 aromatic heterocycles. The standard InChI is InChI=1S/C11H26N2O2/c1-10(2)12-8-11(3)9-13(4-6-14)5-7-15/h10-12,14-15H,4-9H2,1-3H3. The summed E-state index contributed by atoms with van der Waals surface area (Å²) in [6.45, 7) is 9.94. The van der Waals surface area contributed by atoms with Gasteiger partial charge in [-0.2, -0.15) is 0 Å². The van der Waals surface area contributed by atoms with Gasteiger partial charge in [0.1, 0.15) is 0 Å². The number of rotatable bonds is 9. The van der Waals surface area contributed by atoms with E-state index in [9.17, 15) is 0 Å². The third-order valence-electron chi connectivity index (χ3n) is 2.28. The van der Waals surface area contributed by atoms with E-state index in [0.717, 1.165) is 13.1 Å². The van der Waals surface area contributed by atoms with Crippen LogP contribution in [-0.2, 0) is 0 Å². The van der Waals surface area contributed by atoms with Crippen LogP contribution in [0.2, 0.25) is 0 Å². The lowest BCUT2D eigenvalue weighted by Gasteiger charge is -2.24. The third kappa shape index (κ3) is 8.81. The molecule has 0 radical (unpaired) electrons. The predicted octanol–water partition coefficient (Wildman–Crippen LogP) is -0.0929. The minimum Gasteiger partial charge on any atom is -0.395 e. The molecule has 0 aromatic rings. The number of aliphatic hydroxyl groups excluding tert-OH is 2. The Morgan fingerprint density at radius 1 is 1.07 bits per heavy atom. The Hall–Kier alpha value is -0.160. The normalized spacial score (nSPS) is 13.8. The van der Waals surface area contributed by atoms with Crippen molar-refractivity contribution < 1.29 is 10.2 Å². The molecule has 3 N–H and O–H groups in total. The van der Waals surface area contributed by atoms with Crippen LogP contribution in [0.25, 0.3) is 0 Å². The Bertz CT molecular complexity index is 137. The highest BCUT2D eigenvalue weighted by molar-refractivity contribution is 4.65. The maximum Gasteiger partial charge on any atom is 0.0558 e. The van der Waals surface area contributed by atoms with Crippen molar-refractivity contribution in [2.24, 2.45) is 5.92 Å². The van der Waals surface area contributed by atoms with Crippen LogP contribution in [0.15, 0.2) is 0 Å². The van der Waals surface area contributed by atoms with Gasteiger partial charge in [0.25, 0.3) is 0 Å². The van der Waals surface area contributed by atoms with E-state index in [1.54, 1.807) is 0 Å². The van der Waals surface area contributed by atoms with Gasteiger partial charge in [-0.1, -0.05) is 20.8 Å². The second-order valence-corrected chi connectivity index (χ2v) is 4.42. The van der Waals surface area contributed by atoms with Gasteiger partial charge in [0.2, 0.25) is 0 Å². The first-order chi connectivity index (χ1) is 7.10. The van der Waals surface area contributed by atoms with E-state index >= 15 is 0 Å². The van der Waals surface area contributed by atoms with Crippen molar-refractivity contribution in [3.05, 3.63) is 0 Å². The molecule has 0 saturated carbocycles. The third-order valence-corrected chi connectivity index (χ3v) is 2.28. The summed E-state index contributed by atoms with van der Waals surface area (Å²) in [6.07, 6.45) is 0. The van der Waals surface area contributed by atoms with Gasteiger partial charge in [-0.25, -0.2) is 0 Å². The SMILES string of the molecule is CC(CNC(C)C)CN(CCO)CCO. The van der Waals surface area contributed by atoms with E-state index in [0.29, 0.717) is 25.0 Å². The van der Waals surface area contributed by atoms with Crippen molar-refractivity contribution in [1.29, 1.82) is 0 Å². The van der Waals surface area contributed by atoms with Gasteiger partial charge in [-0.3, -0.25) is 4.90 Å². The summed E-state index contributed by atoms with van der Waals surface area (Å²) in [5.74, 6) is 0.533. The largest absolute Gasteiger partial charge is 0.395 e. The van der Waals surface area contributed by atoms with Gasteiger partial charge >= 0.3 is 0 Å². The summed E-state index contributed by atoms with van der Waals surface area (Å²) in [7, 11) is 0. The maximum absolute atomic E-state index is 8.86. The first-order valence-electron chi connectivity index (χ1n) is 5.77. The van der Waals surface area contributed by atoms with Gasteiger partial charge in [0.05, 0.1) is 13.2 Å². The molecule has 0 aliphatic carbocycles. The Kier molecular flexibility index (Phi) is 9.00. The van der Waals surface area contributed by atoms with Crippen molar-refractivity contribution in [2.45, 2.75) is 26.8 Å². The molecule has 0 heterocycles. The molecule has 92 valence electrons. The van der Waals surface area contributed by atoms with Crippen molar-refractivity contribution in [2.75, 3.05) is 39.4 Å². The topological polar surface area (TPSA) is 55.7 Å². The summed E-state index contributed by atoms with van der Waals surface area (Å²) < 4.78 is 0. The quantitative estimate of drug-likeness (QED) is 0.506. The number of hydrogen-bond acceptors (Lipinski definition) is 4. The second kappa shape index (κ2) is 9.09. The molecule has 0 spiro atoms.